The van der Waals surface area contributed by atoms with Crippen molar-refractivity contribution in [1.29, 1.82) is 0 Å². The lowest BCUT2D eigenvalue weighted by Crippen LogP contribution is -2.35. The highest BCUT2D eigenvalue weighted by Gasteiger charge is 2.37. The SMILES string of the molecule is CC1=C(C(=O)Nc2cc3cn[nH]c3cc2F)C(c2ccc(C(F)(F)F)c(NS(C)(=O)=O)c2)CC(=O)N1. The van der Waals surface area contributed by atoms with Gasteiger partial charge in [-0.3, -0.25) is 19.4 Å². The molecule has 1 aromatic heterocycles. The second-order valence-corrected chi connectivity index (χ2v) is 10.0. The highest BCUT2D eigenvalue weighted by atomic mass is 32.2. The van der Waals surface area contributed by atoms with Crippen molar-refractivity contribution < 1.29 is 35.6 Å². The zero-order chi connectivity index (χ0) is 26.4. The lowest BCUT2D eigenvalue weighted by Gasteiger charge is -2.28. The molecule has 1 aliphatic rings. The number of carbonyl (C=O) groups is 2. The fourth-order valence-electron chi connectivity index (χ4n) is 4.05. The van der Waals surface area contributed by atoms with E-state index in [2.05, 4.69) is 20.8 Å². The largest absolute Gasteiger partial charge is 0.418 e. The molecular weight excluding hydrogens is 506 g/mol. The van der Waals surface area contributed by atoms with Gasteiger partial charge < -0.3 is 10.6 Å². The molecule has 1 atom stereocenters. The van der Waals surface area contributed by atoms with E-state index in [1.165, 1.54) is 19.2 Å². The molecule has 190 valence electrons. The van der Waals surface area contributed by atoms with Crippen molar-refractivity contribution >= 4 is 44.1 Å². The summed E-state index contributed by atoms with van der Waals surface area (Å²) in [5.74, 6) is -3.10. The Bertz CT molecular complexity index is 1530. The van der Waals surface area contributed by atoms with Crippen LogP contribution in [0.25, 0.3) is 10.9 Å². The van der Waals surface area contributed by atoms with Crippen LogP contribution in [0.4, 0.5) is 28.9 Å². The van der Waals surface area contributed by atoms with Gasteiger partial charge in [0.25, 0.3) is 5.91 Å². The van der Waals surface area contributed by atoms with Crippen molar-refractivity contribution in [3.05, 3.63) is 64.7 Å². The second-order valence-electron chi connectivity index (χ2n) is 8.26. The number of amides is 2. The molecule has 1 aliphatic heterocycles. The van der Waals surface area contributed by atoms with Crippen LogP contribution in [0, 0.1) is 5.82 Å². The Labute approximate surface area is 202 Å². The second kappa shape index (κ2) is 8.93. The maximum atomic E-state index is 14.6. The maximum absolute atomic E-state index is 14.6. The lowest BCUT2D eigenvalue weighted by atomic mass is 9.83. The van der Waals surface area contributed by atoms with Gasteiger partial charge in [0, 0.05) is 35.1 Å². The predicted molar refractivity (Wildman–Crippen MR) is 123 cm³/mol. The molecule has 0 saturated heterocycles. The van der Waals surface area contributed by atoms with E-state index < -0.39 is 51.0 Å². The fraction of sp³-hybridized carbons (Fsp3) is 0.227. The van der Waals surface area contributed by atoms with Gasteiger partial charge in [-0.25, -0.2) is 12.8 Å². The van der Waals surface area contributed by atoms with E-state index >= 15 is 0 Å². The summed E-state index contributed by atoms with van der Waals surface area (Å²) in [6.45, 7) is 1.42. The standard InChI is InChI=1S/C22H19F4N5O4S/c1-10-20(21(33)29-18-6-12-9-27-30-16(12)8-15(18)23)13(7-19(32)28-10)11-3-4-14(22(24,25)26)17(5-11)31-36(2,34)35/h3-6,8-9,13,31H,7H2,1-2H3,(H,27,30)(H,28,32)(H,29,33). The van der Waals surface area contributed by atoms with Crippen molar-refractivity contribution in [3.8, 4) is 0 Å². The molecule has 2 amide bonds. The molecule has 9 nitrogen and oxygen atoms in total. The van der Waals surface area contributed by atoms with E-state index in [1.54, 1.807) is 0 Å². The Morgan fingerprint density at radius 1 is 1.17 bits per heavy atom. The number of hydrogen-bond donors (Lipinski definition) is 4. The molecule has 0 aliphatic carbocycles. The summed E-state index contributed by atoms with van der Waals surface area (Å²) in [6, 6.07) is 5.17. The van der Waals surface area contributed by atoms with Gasteiger partial charge in [-0.15, -0.1) is 0 Å². The van der Waals surface area contributed by atoms with Crippen LogP contribution >= 0.6 is 0 Å². The average molecular weight is 525 g/mol. The number of benzene rings is 2. The summed E-state index contributed by atoms with van der Waals surface area (Å²) >= 11 is 0. The molecule has 0 bridgehead atoms. The molecule has 4 N–H and O–H groups in total. The Kier molecular flexibility index (Phi) is 6.24. The number of allylic oxidation sites excluding steroid dienone is 1. The van der Waals surface area contributed by atoms with E-state index in [1.807, 2.05) is 4.72 Å². The van der Waals surface area contributed by atoms with Crippen molar-refractivity contribution in [1.82, 2.24) is 15.5 Å². The summed E-state index contributed by atoms with van der Waals surface area (Å²) in [5.41, 5.74) is -1.57. The first-order valence-corrected chi connectivity index (χ1v) is 12.3. The smallest absolute Gasteiger partial charge is 0.330 e. The number of H-pyrrole nitrogens is 1. The van der Waals surface area contributed by atoms with Crippen LogP contribution in [0.5, 0.6) is 0 Å². The van der Waals surface area contributed by atoms with E-state index in [0.29, 0.717) is 23.2 Å². The number of hydrogen-bond acceptors (Lipinski definition) is 5. The first-order chi connectivity index (χ1) is 16.7. The average Bonchev–Trinajstić information content (AvgIpc) is 3.18. The van der Waals surface area contributed by atoms with Crippen molar-refractivity contribution in [2.45, 2.75) is 25.4 Å². The Morgan fingerprint density at radius 3 is 2.56 bits per heavy atom. The van der Waals surface area contributed by atoms with Crippen LogP contribution < -0.4 is 15.4 Å². The number of anilines is 2. The van der Waals surface area contributed by atoms with Crippen LogP contribution in [0.2, 0.25) is 0 Å². The van der Waals surface area contributed by atoms with Crippen LogP contribution in [-0.4, -0.2) is 36.7 Å². The van der Waals surface area contributed by atoms with Gasteiger partial charge in [0.1, 0.15) is 5.82 Å². The van der Waals surface area contributed by atoms with E-state index in [-0.39, 0.29) is 28.9 Å². The number of fused-ring (bicyclic) bond motifs is 1. The van der Waals surface area contributed by atoms with Gasteiger partial charge in [-0.2, -0.15) is 18.3 Å². The van der Waals surface area contributed by atoms with Gasteiger partial charge in [-0.05, 0) is 30.7 Å². The Morgan fingerprint density at radius 2 is 1.89 bits per heavy atom. The predicted octanol–water partition coefficient (Wildman–Crippen LogP) is 3.61. The summed E-state index contributed by atoms with van der Waals surface area (Å²) in [4.78, 5) is 25.5. The molecule has 2 heterocycles. The molecule has 36 heavy (non-hydrogen) atoms. The van der Waals surface area contributed by atoms with E-state index in [9.17, 15) is 35.6 Å². The lowest BCUT2D eigenvalue weighted by molar-refractivity contribution is -0.137. The van der Waals surface area contributed by atoms with Crippen LogP contribution in [0.15, 0.2) is 47.8 Å². The number of carbonyl (C=O) groups excluding carboxylic acids is 2. The summed E-state index contributed by atoms with van der Waals surface area (Å²) < 4.78 is 80.2. The molecule has 1 unspecified atom stereocenters. The van der Waals surface area contributed by atoms with Crippen molar-refractivity contribution in [3.63, 3.8) is 0 Å². The number of nitrogens with zero attached hydrogens (tertiary/aromatic N) is 1. The molecule has 4 rings (SSSR count). The number of halogens is 4. The van der Waals surface area contributed by atoms with Crippen LogP contribution in [0.3, 0.4) is 0 Å². The van der Waals surface area contributed by atoms with Gasteiger partial charge >= 0.3 is 6.18 Å². The Balaban J connectivity index is 1.76. The third kappa shape index (κ3) is 5.17. The number of aromatic nitrogens is 2. The highest BCUT2D eigenvalue weighted by molar-refractivity contribution is 7.92. The van der Waals surface area contributed by atoms with Crippen molar-refractivity contribution in [2.75, 3.05) is 16.3 Å². The molecule has 0 fully saturated rings. The minimum atomic E-state index is -4.87. The van der Waals surface area contributed by atoms with E-state index in [0.717, 1.165) is 18.2 Å². The topological polar surface area (TPSA) is 133 Å². The Hall–Kier alpha value is -3.94. The maximum Gasteiger partial charge on any atom is 0.418 e. The van der Waals surface area contributed by atoms with Gasteiger partial charge in [0.15, 0.2) is 0 Å². The number of aromatic amines is 1. The fourth-order valence-corrected chi connectivity index (χ4v) is 4.62. The quantitative estimate of drug-likeness (QED) is 0.378. The van der Waals surface area contributed by atoms with Crippen molar-refractivity contribution in [2.24, 2.45) is 0 Å². The third-order valence-corrected chi connectivity index (χ3v) is 6.13. The first kappa shape index (κ1) is 25.2. The molecular formula is C22H19F4N5O4S. The molecule has 14 heteroatoms. The number of rotatable bonds is 5. The molecule has 0 radical (unpaired) electrons. The minimum Gasteiger partial charge on any atom is -0.330 e. The van der Waals surface area contributed by atoms with Crippen LogP contribution in [0.1, 0.15) is 30.4 Å². The normalized spacial score (nSPS) is 16.7. The number of nitrogens with one attached hydrogen (secondary N) is 4. The third-order valence-electron chi connectivity index (χ3n) is 5.54. The molecule has 0 spiro atoms. The van der Waals surface area contributed by atoms with Crippen LogP contribution in [-0.2, 0) is 25.8 Å². The van der Waals surface area contributed by atoms with Gasteiger partial charge in [0.05, 0.1) is 34.9 Å². The van der Waals surface area contributed by atoms with E-state index in [4.69, 9.17) is 0 Å². The molecule has 2 aromatic carbocycles. The zero-order valence-electron chi connectivity index (χ0n) is 18.7. The molecule has 0 saturated carbocycles. The summed E-state index contributed by atoms with van der Waals surface area (Å²) in [5, 5.41) is 11.8. The minimum absolute atomic E-state index is 0.0219. The molecule has 3 aromatic rings. The van der Waals surface area contributed by atoms with Gasteiger partial charge in [0.2, 0.25) is 15.9 Å². The zero-order valence-corrected chi connectivity index (χ0v) is 19.6. The highest BCUT2D eigenvalue weighted by Crippen LogP contribution is 2.40. The summed E-state index contributed by atoms with van der Waals surface area (Å²) in [7, 11) is -4.09. The van der Waals surface area contributed by atoms with Gasteiger partial charge in [-0.1, -0.05) is 6.07 Å². The monoisotopic (exact) mass is 525 g/mol. The summed E-state index contributed by atoms with van der Waals surface area (Å²) in [6.07, 6.45) is -3.06. The first-order valence-electron chi connectivity index (χ1n) is 10.4. The number of sulfonamides is 1. The number of alkyl halides is 3.